The van der Waals surface area contributed by atoms with Gasteiger partial charge in [0.2, 0.25) is 11.8 Å². The van der Waals surface area contributed by atoms with Crippen LogP contribution >= 0.6 is 0 Å². The minimum absolute atomic E-state index is 0.0267. The second-order valence-corrected chi connectivity index (χ2v) is 7.63. The molecule has 0 aliphatic carbocycles. The van der Waals surface area contributed by atoms with Gasteiger partial charge in [-0.1, -0.05) is 6.07 Å². The van der Waals surface area contributed by atoms with Gasteiger partial charge in [0, 0.05) is 24.8 Å². The maximum Gasteiger partial charge on any atom is 0.308 e. The number of carboxylic acids is 1. The van der Waals surface area contributed by atoms with E-state index in [2.05, 4.69) is 0 Å². The molecule has 0 radical (unpaired) electrons. The summed E-state index contributed by atoms with van der Waals surface area (Å²) in [6, 6.07) is 5.94. The van der Waals surface area contributed by atoms with Crippen LogP contribution in [-0.2, 0) is 14.4 Å². The third-order valence-electron chi connectivity index (χ3n) is 5.54. The molecule has 1 N–H and O–H groups in total. The van der Waals surface area contributed by atoms with Gasteiger partial charge in [-0.15, -0.1) is 0 Å². The van der Waals surface area contributed by atoms with Crippen LogP contribution in [0.15, 0.2) is 18.2 Å². The summed E-state index contributed by atoms with van der Waals surface area (Å²) in [7, 11) is 0. The molecule has 3 unspecified atom stereocenters. The number of piperidine rings is 1. The second-order valence-electron chi connectivity index (χ2n) is 7.63. The average Bonchev–Trinajstić information content (AvgIpc) is 2.95. The normalized spacial score (nSPS) is 26.3. The number of nitrogens with zero attached hydrogens (tertiary/aromatic N) is 2. The van der Waals surface area contributed by atoms with Crippen molar-refractivity contribution in [1.29, 1.82) is 0 Å². The van der Waals surface area contributed by atoms with Crippen molar-refractivity contribution in [3.8, 4) is 0 Å². The van der Waals surface area contributed by atoms with E-state index in [1.807, 2.05) is 39.0 Å². The van der Waals surface area contributed by atoms with E-state index >= 15 is 0 Å². The number of carbonyl (C=O) groups excluding carboxylic acids is 2. The lowest BCUT2D eigenvalue weighted by Gasteiger charge is -2.37. The number of carboxylic acid groups (broad SMARTS) is 1. The van der Waals surface area contributed by atoms with Crippen molar-refractivity contribution in [2.75, 3.05) is 18.0 Å². The first-order chi connectivity index (χ1) is 12.3. The first-order valence-electron chi connectivity index (χ1n) is 9.21. The molecule has 2 heterocycles. The smallest absolute Gasteiger partial charge is 0.308 e. The van der Waals surface area contributed by atoms with Gasteiger partial charge in [0.15, 0.2) is 0 Å². The van der Waals surface area contributed by atoms with Crippen LogP contribution in [0.3, 0.4) is 0 Å². The number of hydrogen-bond donors (Lipinski definition) is 1. The number of likely N-dealkylation sites (tertiary alicyclic amines) is 1. The predicted molar refractivity (Wildman–Crippen MR) is 97.9 cm³/mol. The molecule has 140 valence electrons. The van der Waals surface area contributed by atoms with Crippen LogP contribution in [0.5, 0.6) is 0 Å². The SMILES string of the molecule is Cc1cc(C)cc(N2CCC(C(=O)N3CC(C(=O)O)CCC3C)C2=O)c1. The van der Waals surface area contributed by atoms with Crippen LogP contribution in [0.4, 0.5) is 5.69 Å². The number of aryl methyl sites for hydroxylation is 2. The summed E-state index contributed by atoms with van der Waals surface area (Å²) < 4.78 is 0. The van der Waals surface area contributed by atoms with Crippen LogP contribution in [0.25, 0.3) is 0 Å². The Morgan fingerprint density at radius 3 is 2.35 bits per heavy atom. The highest BCUT2D eigenvalue weighted by molar-refractivity contribution is 6.09. The number of aliphatic carboxylic acids is 1. The monoisotopic (exact) mass is 358 g/mol. The topological polar surface area (TPSA) is 77.9 Å². The van der Waals surface area contributed by atoms with Gasteiger partial charge >= 0.3 is 5.97 Å². The third kappa shape index (κ3) is 3.45. The molecule has 6 heteroatoms. The van der Waals surface area contributed by atoms with E-state index in [0.717, 1.165) is 16.8 Å². The molecular formula is C20H26N2O4. The summed E-state index contributed by atoms with van der Waals surface area (Å²) in [6.45, 7) is 6.62. The Morgan fingerprint density at radius 2 is 1.73 bits per heavy atom. The number of rotatable bonds is 3. The van der Waals surface area contributed by atoms with Gasteiger partial charge in [0.25, 0.3) is 0 Å². The zero-order valence-electron chi connectivity index (χ0n) is 15.6. The number of amides is 2. The van der Waals surface area contributed by atoms with E-state index in [1.165, 1.54) is 0 Å². The minimum Gasteiger partial charge on any atom is -0.481 e. The molecule has 2 saturated heterocycles. The van der Waals surface area contributed by atoms with Crippen molar-refractivity contribution >= 4 is 23.5 Å². The van der Waals surface area contributed by atoms with Gasteiger partial charge in [-0.05, 0) is 63.3 Å². The molecule has 3 rings (SSSR count). The van der Waals surface area contributed by atoms with Crippen molar-refractivity contribution in [2.24, 2.45) is 11.8 Å². The fourth-order valence-electron chi connectivity index (χ4n) is 4.09. The maximum absolute atomic E-state index is 13.0. The lowest BCUT2D eigenvalue weighted by Crippen LogP contribution is -2.50. The standard InChI is InChI=1S/C20H26N2O4/c1-12-8-13(2)10-16(9-12)21-7-6-17(18(21)23)19(24)22-11-15(20(25)26)5-4-14(22)3/h8-10,14-15,17H,4-7,11H2,1-3H3,(H,25,26). The van der Waals surface area contributed by atoms with Crippen molar-refractivity contribution in [3.05, 3.63) is 29.3 Å². The Morgan fingerprint density at radius 1 is 1.08 bits per heavy atom. The Balaban J connectivity index is 1.76. The highest BCUT2D eigenvalue weighted by atomic mass is 16.4. The van der Waals surface area contributed by atoms with Crippen molar-refractivity contribution < 1.29 is 19.5 Å². The average molecular weight is 358 g/mol. The largest absolute Gasteiger partial charge is 0.481 e. The van der Waals surface area contributed by atoms with E-state index in [0.29, 0.717) is 25.8 Å². The van der Waals surface area contributed by atoms with Crippen LogP contribution in [0.1, 0.15) is 37.3 Å². The summed E-state index contributed by atoms with van der Waals surface area (Å²) in [5.41, 5.74) is 2.99. The molecule has 1 aromatic rings. The molecule has 2 aliphatic heterocycles. The Kier molecular flexibility index (Phi) is 5.03. The summed E-state index contributed by atoms with van der Waals surface area (Å²) in [5, 5.41) is 9.27. The van der Waals surface area contributed by atoms with Crippen molar-refractivity contribution in [3.63, 3.8) is 0 Å². The predicted octanol–water partition coefficient (Wildman–Crippen LogP) is 2.37. The van der Waals surface area contributed by atoms with E-state index in [4.69, 9.17) is 0 Å². The van der Waals surface area contributed by atoms with E-state index < -0.39 is 17.8 Å². The summed E-state index contributed by atoms with van der Waals surface area (Å²) in [4.78, 5) is 40.5. The fraction of sp³-hybridized carbons (Fsp3) is 0.550. The molecule has 6 nitrogen and oxygen atoms in total. The first-order valence-corrected chi connectivity index (χ1v) is 9.21. The Bertz CT molecular complexity index is 725. The Labute approximate surface area is 153 Å². The Hall–Kier alpha value is -2.37. The highest BCUT2D eigenvalue weighted by Crippen LogP contribution is 2.31. The molecule has 0 saturated carbocycles. The molecule has 2 aliphatic rings. The summed E-state index contributed by atoms with van der Waals surface area (Å²) >= 11 is 0. The fourth-order valence-corrected chi connectivity index (χ4v) is 4.09. The second kappa shape index (κ2) is 7.09. The third-order valence-corrected chi connectivity index (χ3v) is 5.54. The lowest BCUT2D eigenvalue weighted by molar-refractivity contribution is -0.149. The maximum atomic E-state index is 13.0. The van der Waals surface area contributed by atoms with Gasteiger partial charge in [0.05, 0.1) is 5.92 Å². The van der Waals surface area contributed by atoms with E-state index in [-0.39, 0.29) is 24.4 Å². The van der Waals surface area contributed by atoms with Crippen LogP contribution < -0.4 is 4.90 Å². The van der Waals surface area contributed by atoms with Crippen LogP contribution in [0.2, 0.25) is 0 Å². The number of anilines is 1. The molecule has 2 fully saturated rings. The number of benzene rings is 1. The summed E-state index contributed by atoms with van der Waals surface area (Å²) in [5.74, 6) is -2.51. The van der Waals surface area contributed by atoms with Gasteiger partial charge in [-0.3, -0.25) is 14.4 Å². The van der Waals surface area contributed by atoms with E-state index in [9.17, 15) is 19.5 Å². The zero-order chi connectivity index (χ0) is 19.0. The molecule has 0 bridgehead atoms. The molecule has 26 heavy (non-hydrogen) atoms. The molecule has 0 spiro atoms. The molecule has 2 amide bonds. The van der Waals surface area contributed by atoms with Crippen LogP contribution in [0, 0.1) is 25.7 Å². The molecule has 3 atom stereocenters. The first kappa shape index (κ1) is 18.4. The van der Waals surface area contributed by atoms with Crippen molar-refractivity contribution in [2.45, 2.75) is 46.1 Å². The molecular weight excluding hydrogens is 332 g/mol. The van der Waals surface area contributed by atoms with Gasteiger partial charge in [0.1, 0.15) is 5.92 Å². The summed E-state index contributed by atoms with van der Waals surface area (Å²) in [6.07, 6.45) is 1.71. The zero-order valence-corrected chi connectivity index (χ0v) is 15.6. The van der Waals surface area contributed by atoms with Gasteiger partial charge < -0.3 is 14.9 Å². The number of hydrogen-bond acceptors (Lipinski definition) is 3. The molecule has 0 aromatic heterocycles. The lowest BCUT2D eigenvalue weighted by atomic mass is 9.92. The highest BCUT2D eigenvalue weighted by Gasteiger charge is 2.43. The minimum atomic E-state index is -0.871. The van der Waals surface area contributed by atoms with E-state index in [1.54, 1.807) is 9.80 Å². The number of carbonyl (C=O) groups is 3. The quantitative estimate of drug-likeness (QED) is 0.842. The van der Waals surface area contributed by atoms with Crippen molar-refractivity contribution in [1.82, 2.24) is 4.90 Å². The van der Waals surface area contributed by atoms with Gasteiger partial charge in [-0.25, -0.2) is 0 Å². The van der Waals surface area contributed by atoms with Crippen LogP contribution in [-0.4, -0.2) is 46.9 Å². The molecule has 1 aromatic carbocycles. The van der Waals surface area contributed by atoms with Gasteiger partial charge in [-0.2, -0.15) is 0 Å².